The second kappa shape index (κ2) is 11.2. The Morgan fingerprint density at radius 3 is 2.03 bits per heavy atom. The fraction of sp³-hybridized carbons (Fsp3) is 0.625. The highest BCUT2D eigenvalue weighted by atomic mass is 16.6. The number of rotatable bonds is 8. The fourth-order valence-electron chi connectivity index (χ4n) is 2.75. The van der Waals surface area contributed by atoms with Crippen molar-refractivity contribution in [3.63, 3.8) is 0 Å². The lowest BCUT2D eigenvalue weighted by atomic mass is 9.87. The monoisotopic (exact) mass is 434 g/mol. The van der Waals surface area contributed by atoms with Crippen LogP contribution in [0.2, 0.25) is 0 Å². The van der Waals surface area contributed by atoms with E-state index in [0.29, 0.717) is 5.56 Å². The minimum absolute atomic E-state index is 0.0960. The molecule has 0 aliphatic heterocycles. The quantitative estimate of drug-likeness (QED) is 0.575. The Hall–Kier alpha value is -2.57. The van der Waals surface area contributed by atoms with E-state index in [1.807, 2.05) is 12.1 Å². The molecule has 0 saturated carbocycles. The molecule has 0 fully saturated rings. The van der Waals surface area contributed by atoms with Crippen LogP contribution in [0.4, 0.5) is 4.79 Å². The lowest BCUT2D eigenvalue weighted by Gasteiger charge is -2.25. The number of benzene rings is 1. The number of amides is 2. The molecule has 1 rings (SSSR count). The molecular formula is C24H38N2O5. The highest BCUT2D eigenvalue weighted by Crippen LogP contribution is 2.27. The molecule has 0 aromatic heterocycles. The van der Waals surface area contributed by atoms with Gasteiger partial charge in [-0.2, -0.15) is 0 Å². The average molecular weight is 435 g/mol. The van der Waals surface area contributed by atoms with Crippen molar-refractivity contribution in [1.29, 1.82) is 0 Å². The van der Waals surface area contributed by atoms with Gasteiger partial charge in [0.15, 0.2) is 0 Å². The van der Waals surface area contributed by atoms with E-state index in [1.165, 1.54) is 0 Å². The van der Waals surface area contributed by atoms with Gasteiger partial charge in [-0.1, -0.05) is 32.9 Å². The van der Waals surface area contributed by atoms with Crippen LogP contribution in [0.25, 0.3) is 0 Å². The van der Waals surface area contributed by atoms with Gasteiger partial charge in [0.1, 0.15) is 12.1 Å². The molecule has 0 spiro atoms. The van der Waals surface area contributed by atoms with Crippen LogP contribution in [0.15, 0.2) is 24.3 Å². The summed E-state index contributed by atoms with van der Waals surface area (Å²) in [6.45, 7) is 15.1. The predicted molar refractivity (Wildman–Crippen MR) is 121 cm³/mol. The third-order valence-corrected chi connectivity index (χ3v) is 4.20. The SMILES string of the molecule is CC(C)OC(=O)c1ccc(C(CCC(C)(C)C)NC(=O)CNC(=O)OC(C)(C)C)cc1. The Balaban J connectivity index is 2.83. The smallest absolute Gasteiger partial charge is 0.408 e. The van der Waals surface area contributed by atoms with Crippen molar-refractivity contribution in [3.05, 3.63) is 35.4 Å². The molecule has 0 radical (unpaired) electrons. The van der Waals surface area contributed by atoms with E-state index in [0.717, 1.165) is 18.4 Å². The van der Waals surface area contributed by atoms with Crippen molar-refractivity contribution in [2.24, 2.45) is 5.41 Å². The largest absolute Gasteiger partial charge is 0.459 e. The lowest BCUT2D eigenvalue weighted by molar-refractivity contribution is -0.121. The van der Waals surface area contributed by atoms with Gasteiger partial charge in [-0.05, 0) is 70.6 Å². The van der Waals surface area contributed by atoms with Crippen molar-refractivity contribution in [3.8, 4) is 0 Å². The lowest BCUT2D eigenvalue weighted by Crippen LogP contribution is -2.41. The van der Waals surface area contributed by atoms with Crippen molar-refractivity contribution in [2.75, 3.05) is 6.54 Å². The zero-order chi connectivity index (χ0) is 23.8. The standard InChI is InChI=1S/C24H38N2O5/c1-16(2)30-21(28)18-11-9-17(10-12-18)19(13-14-23(3,4)5)26-20(27)15-25-22(29)31-24(6,7)8/h9-12,16,19H,13-15H2,1-8H3,(H,25,29)(H,26,27). The van der Waals surface area contributed by atoms with Crippen molar-refractivity contribution in [2.45, 2.75) is 86.0 Å². The first-order valence-electron chi connectivity index (χ1n) is 10.7. The second-order valence-electron chi connectivity index (χ2n) is 10.2. The summed E-state index contributed by atoms with van der Waals surface area (Å²) in [5, 5.41) is 5.46. The summed E-state index contributed by atoms with van der Waals surface area (Å²) in [6, 6.07) is 6.81. The number of ether oxygens (including phenoxy) is 2. The van der Waals surface area contributed by atoms with Gasteiger partial charge in [0, 0.05) is 0 Å². The van der Waals surface area contributed by atoms with Crippen LogP contribution in [0.5, 0.6) is 0 Å². The highest BCUT2D eigenvalue weighted by molar-refractivity contribution is 5.89. The molecule has 31 heavy (non-hydrogen) atoms. The number of esters is 1. The topological polar surface area (TPSA) is 93.7 Å². The molecule has 7 heteroatoms. The summed E-state index contributed by atoms with van der Waals surface area (Å²) in [6.07, 6.45) is 0.775. The highest BCUT2D eigenvalue weighted by Gasteiger charge is 2.21. The molecule has 1 aromatic carbocycles. The Labute approximate surface area is 186 Å². The zero-order valence-electron chi connectivity index (χ0n) is 20.1. The van der Waals surface area contributed by atoms with E-state index in [1.54, 1.807) is 46.8 Å². The van der Waals surface area contributed by atoms with E-state index >= 15 is 0 Å². The summed E-state index contributed by atoms with van der Waals surface area (Å²) >= 11 is 0. The molecule has 0 heterocycles. The summed E-state index contributed by atoms with van der Waals surface area (Å²) in [5.41, 5.74) is 0.813. The van der Waals surface area contributed by atoms with Crippen molar-refractivity contribution < 1.29 is 23.9 Å². The van der Waals surface area contributed by atoms with Crippen LogP contribution in [-0.2, 0) is 14.3 Å². The van der Waals surface area contributed by atoms with Crippen LogP contribution < -0.4 is 10.6 Å². The maximum Gasteiger partial charge on any atom is 0.408 e. The molecule has 2 amide bonds. The van der Waals surface area contributed by atoms with Gasteiger partial charge in [-0.25, -0.2) is 9.59 Å². The molecule has 174 valence electrons. The number of alkyl carbamates (subject to hydrolysis) is 1. The number of hydrogen-bond acceptors (Lipinski definition) is 5. The summed E-state index contributed by atoms with van der Waals surface area (Å²) in [7, 11) is 0. The molecule has 0 aliphatic rings. The Kier molecular flexibility index (Phi) is 9.53. The van der Waals surface area contributed by atoms with Crippen LogP contribution >= 0.6 is 0 Å². The number of carbonyl (C=O) groups is 3. The van der Waals surface area contributed by atoms with Crippen LogP contribution in [0.1, 0.15) is 90.2 Å². The normalized spacial score (nSPS) is 12.8. The van der Waals surface area contributed by atoms with E-state index in [4.69, 9.17) is 9.47 Å². The third-order valence-electron chi connectivity index (χ3n) is 4.20. The van der Waals surface area contributed by atoms with Gasteiger partial charge in [0.25, 0.3) is 0 Å². The molecule has 7 nitrogen and oxygen atoms in total. The third kappa shape index (κ3) is 11.4. The molecule has 0 bridgehead atoms. The van der Waals surface area contributed by atoms with E-state index in [9.17, 15) is 14.4 Å². The first-order chi connectivity index (χ1) is 14.2. The van der Waals surface area contributed by atoms with Crippen molar-refractivity contribution in [1.82, 2.24) is 10.6 Å². The number of nitrogens with one attached hydrogen (secondary N) is 2. The molecule has 2 N–H and O–H groups in total. The Bertz CT molecular complexity index is 743. The van der Waals surface area contributed by atoms with Gasteiger partial charge < -0.3 is 20.1 Å². The number of hydrogen-bond donors (Lipinski definition) is 2. The number of carbonyl (C=O) groups excluding carboxylic acids is 3. The summed E-state index contributed by atoms with van der Waals surface area (Å²) in [4.78, 5) is 36.3. The molecule has 0 saturated heterocycles. The molecule has 1 unspecified atom stereocenters. The minimum Gasteiger partial charge on any atom is -0.459 e. The van der Waals surface area contributed by atoms with Gasteiger partial charge in [0.2, 0.25) is 5.91 Å². The molecule has 1 aromatic rings. The van der Waals surface area contributed by atoms with Crippen LogP contribution in [0.3, 0.4) is 0 Å². The van der Waals surface area contributed by atoms with E-state index in [-0.39, 0.29) is 36.0 Å². The van der Waals surface area contributed by atoms with E-state index in [2.05, 4.69) is 31.4 Å². The Morgan fingerprint density at radius 2 is 1.55 bits per heavy atom. The first kappa shape index (κ1) is 26.5. The zero-order valence-corrected chi connectivity index (χ0v) is 20.1. The van der Waals surface area contributed by atoms with Gasteiger partial charge in [0.05, 0.1) is 17.7 Å². The minimum atomic E-state index is -0.637. The average Bonchev–Trinajstić information content (AvgIpc) is 2.61. The van der Waals surface area contributed by atoms with Crippen LogP contribution in [-0.4, -0.2) is 36.2 Å². The molecule has 0 aliphatic carbocycles. The summed E-state index contributed by atoms with van der Waals surface area (Å²) in [5.74, 6) is -0.688. The predicted octanol–water partition coefficient (Wildman–Crippen LogP) is 4.76. The molecular weight excluding hydrogens is 396 g/mol. The second-order valence-corrected chi connectivity index (χ2v) is 10.2. The first-order valence-corrected chi connectivity index (χ1v) is 10.7. The van der Waals surface area contributed by atoms with Gasteiger partial charge in [-0.3, -0.25) is 4.79 Å². The fourth-order valence-corrected chi connectivity index (χ4v) is 2.75. The maximum atomic E-state index is 12.5. The maximum absolute atomic E-state index is 12.5. The Morgan fingerprint density at radius 1 is 0.968 bits per heavy atom. The summed E-state index contributed by atoms with van der Waals surface area (Å²) < 4.78 is 10.4. The van der Waals surface area contributed by atoms with Crippen LogP contribution in [0, 0.1) is 5.41 Å². The van der Waals surface area contributed by atoms with Gasteiger partial charge in [-0.15, -0.1) is 0 Å². The van der Waals surface area contributed by atoms with E-state index < -0.39 is 11.7 Å². The van der Waals surface area contributed by atoms with Crippen molar-refractivity contribution >= 4 is 18.0 Å². The van der Waals surface area contributed by atoms with Gasteiger partial charge >= 0.3 is 12.1 Å². The molecule has 1 atom stereocenters.